The number of allylic oxidation sites excluding steroid dienone is 4. The third-order valence-electron chi connectivity index (χ3n) is 5.56. The van der Waals surface area contributed by atoms with Crippen molar-refractivity contribution in [3.8, 4) is 11.3 Å². The Bertz CT molecular complexity index is 1630. The minimum absolute atomic E-state index is 0.00380. The molecule has 0 fully saturated rings. The van der Waals surface area contributed by atoms with Crippen LogP contribution in [0.1, 0.15) is 19.5 Å². The SMILES string of the molecule is CC1=CC(=c2c(-c3ccccc3)nc(=N)n3c(=O)n(Cc4ccc(F)cn4)nc23)C=C(C)N1O. The minimum atomic E-state index is -0.555. The van der Waals surface area contributed by atoms with Gasteiger partial charge in [-0.2, -0.15) is 0 Å². The lowest BCUT2D eigenvalue weighted by molar-refractivity contribution is -0.0190. The van der Waals surface area contributed by atoms with Crippen molar-refractivity contribution in [2.45, 2.75) is 20.4 Å². The Morgan fingerprint density at radius 1 is 1.06 bits per heavy atom. The van der Waals surface area contributed by atoms with E-state index in [0.717, 1.165) is 21.2 Å². The fourth-order valence-corrected chi connectivity index (χ4v) is 3.94. The van der Waals surface area contributed by atoms with Gasteiger partial charge in [-0.05, 0) is 43.7 Å². The summed E-state index contributed by atoms with van der Waals surface area (Å²) in [6, 6.07) is 12.1. The van der Waals surface area contributed by atoms with Gasteiger partial charge in [0.1, 0.15) is 5.82 Å². The van der Waals surface area contributed by atoms with Gasteiger partial charge in [0.05, 0.1) is 29.3 Å². The molecule has 1 aromatic carbocycles. The highest BCUT2D eigenvalue weighted by Gasteiger charge is 2.19. The molecule has 34 heavy (non-hydrogen) atoms. The summed E-state index contributed by atoms with van der Waals surface area (Å²) in [6.45, 7) is 3.52. The van der Waals surface area contributed by atoms with Crippen LogP contribution in [0.15, 0.2) is 77.0 Å². The lowest BCUT2D eigenvalue weighted by atomic mass is 10.0. The molecule has 5 rings (SSSR count). The number of rotatable bonds is 3. The van der Waals surface area contributed by atoms with E-state index >= 15 is 0 Å². The quantitative estimate of drug-likeness (QED) is 0.487. The van der Waals surface area contributed by atoms with Crippen LogP contribution in [-0.2, 0) is 6.54 Å². The van der Waals surface area contributed by atoms with Gasteiger partial charge in [0.25, 0.3) is 0 Å². The summed E-state index contributed by atoms with van der Waals surface area (Å²) in [6.07, 6.45) is 4.61. The zero-order valence-electron chi connectivity index (χ0n) is 18.4. The summed E-state index contributed by atoms with van der Waals surface area (Å²) in [5.41, 5.74) is 2.98. The number of halogens is 1. The molecular formula is C24H20FN7O2. The Labute approximate surface area is 192 Å². The third kappa shape index (κ3) is 3.59. The van der Waals surface area contributed by atoms with E-state index in [9.17, 15) is 14.4 Å². The predicted molar refractivity (Wildman–Crippen MR) is 122 cm³/mol. The first-order chi connectivity index (χ1) is 16.3. The van der Waals surface area contributed by atoms with Crippen molar-refractivity contribution in [2.24, 2.45) is 0 Å². The number of fused-ring (bicyclic) bond motifs is 1. The summed E-state index contributed by atoms with van der Waals surface area (Å²) >= 11 is 0. The van der Waals surface area contributed by atoms with E-state index in [2.05, 4.69) is 15.1 Å². The highest BCUT2D eigenvalue weighted by Crippen LogP contribution is 2.22. The Morgan fingerprint density at radius 3 is 2.41 bits per heavy atom. The number of hydroxylamine groups is 2. The maximum absolute atomic E-state index is 13.3. The smallest absolute Gasteiger partial charge is 0.284 e. The van der Waals surface area contributed by atoms with Crippen LogP contribution in [0.2, 0.25) is 0 Å². The first-order valence-corrected chi connectivity index (χ1v) is 10.5. The van der Waals surface area contributed by atoms with Gasteiger partial charge in [-0.1, -0.05) is 30.3 Å². The molecule has 0 atom stereocenters. The molecule has 10 heteroatoms. The van der Waals surface area contributed by atoms with E-state index < -0.39 is 11.5 Å². The van der Waals surface area contributed by atoms with Gasteiger partial charge in [-0.15, -0.1) is 5.10 Å². The van der Waals surface area contributed by atoms with Crippen molar-refractivity contribution in [3.05, 3.63) is 105 Å². The molecule has 0 spiro atoms. The van der Waals surface area contributed by atoms with E-state index in [-0.39, 0.29) is 17.8 Å². The second-order valence-electron chi connectivity index (χ2n) is 7.93. The second-order valence-corrected chi connectivity index (χ2v) is 7.93. The van der Waals surface area contributed by atoms with E-state index in [1.54, 1.807) is 26.0 Å². The molecule has 0 radical (unpaired) electrons. The molecule has 0 bridgehead atoms. The molecule has 2 N–H and O–H groups in total. The molecule has 4 aromatic rings. The van der Waals surface area contributed by atoms with Crippen LogP contribution in [0.25, 0.3) is 22.5 Å². The molecule has 0 saturated carbocycles. The maximum Gasteiger partial charge on any atom is 0.353 e. The minimum Gasteiger partial charge on any atom is -0.284 e. The molecular weight excluding hydrogens is 437 g/mol. The van der Waals surface area contributed by atoms with Crippen molar-refractivity contribution < 1.29 is 9.60 Å². The first-order valence-electron chi connectivity index (χ1n) is 10.5. The van der Waals surface area contributed by atoms with Crippen LogP contribution in [0.3, 0.4) is 0 Å². The van der Waals surface area contributed by atoms with E-state index in [0.29, 0.717) is 33.6 Å². The van der Waals surface area contributed by atoms with Crippen molar-refractivity contribution in [1.29, 1.82) is 5.41 Å². The highest BCUT2D eigenvalue weighted by molar-refractivity contribution is 5.79. The molecule has 0 aliphatic carbocycles. The molecule has 170 valence electrons. The number of aromatic nitrogens is 5. The number of nitrogens with one attached hydrogen (secondary N) is 1. The molecule has 1 aliphatic rings. The summed E-state index contributed by atoms with van der Waals surface area (Å²) in [5, 5.41) is 24.9. The number of nitrogens with zero attached hydrogens (tertiary/aromatic N) is 6. The lowest BCUT2D eigenvalue weighted by Crippen LogP contribution is -2.34. The zero-order valence-corrected chi connectivity index (χ0v) is 18.4. The Hall–Kier alpha value is -4.44. The Balaban J connectivity index is 1.87. The average molecular weight is 457 g/mol. The average Bonchev–Trinajstić information content (AvgIpc) is 3.15. The van der Waals surface area contributed by atoms with Crippen LogP contribution in [0.5, 0.6) is 0 Å². The molecule has 9 nitrogen and oxygen atoms in total. The van der Waals surface area contributed by atoms with Crippen LogP contribution in [0, 0.1) is 11.2 Å². The van der Waals surface area contributed by atoms with E-state index in [4.69, 9.17) is 5.41 Å². The van der Waals surface area contributed by atoms with Crippen molar-refractivity contribution in [2.75, 3.05) is 0 Å². The Kier molecular flexibility index (Phi) is 5.14. The largest absolute Gasteiger partial charge is 0.353 e. The molecule has 0 unspecified atom stereocenters. The van der Waals surface area contributed by atoms with Gasteiger partial charge >= 0.3 is 5.69 Å². The van der Waals surface area contributed by atoms with Crippen LogP contribution < -0.4 is 16.5 Å². The molecule has 1 aliphatic heterocycles. The number of hydrogen-bond donors (Lipinski definition) is 2. The molecule has 0 saturated heterocycles. The van der Waals surface area contributed by atoms with Crippen molar-refractivity contribution in [3.63, 3.8) is 0 Å². The van der Waals surface area contributed by atoms with Gasteiger partial charge in [0.15, 0.2) is 5.65 Å². The zero-order chi connectivity index (χ0) is 24.0. The van der Waals surface area contributed by atoms with Crippen LogP contribution >= 0.6 is 0 Å². The number of hydrogen-bond acceptors (Lipinski definition) is 7. The molecule has 3 aromatic heterocycles. The normalized spacial score (nSPS) is 13.9. The van der Waals surface area contributed by atoms with Gasteiger partial charge in [-0.3, -0.25) is 15.6 Å². The fraction of sp³-hybridized carbons (Fsp3) is 0.125. The van der Waals surface area contributed by atoms with Crippen LogP contribution in [0.4, 0.5) is 4.39 Å². The fourth-order valence-electron chi connectivity index (χ4n) is 3.94. The standard InChI is InChI=1S/C24H20FN7O2/c1-14-10-17(11-15(2)32(14)34)20-21(16-6-4-3-5-7-16)28-23(26)31-22(20)29-30(24(31)33)13-19-9-8-18(25)12-27-19/h3-12,26,34H,13H2,1-2H3. The number of benzene rings is 1. The second kappa shape index (κ2) is 8.16. The number of pyridine rings is 1. The summed E-state index contributed by atoms with van der Waals surface area (Å²) in [5.74, 6) is -0.477. The van der Waals surface area contributed by atoms with Gasteiger partial charge < -0.3 is 0 Å². The lowest BCUT2D eigenvalue weighted by Gasteiger charge is -2.22. The topological polar surface area (TPSA) is 112 Å². The summed E-state index contributed by atoms with van der Waals surface area (Å²) < 4.78 is 15.6. The first kappa shape index (κ1) is 21.4. The third-order valence-corrected chi connectivity index (χ3v) is 5.56. The summed E-state index contributed by atoms with van der Waals surface area (Å²) in [4.78, 5) is 21.7. The summed E-state index contributed by atoms with van der Waals surface area (Å²) in [7, 11) is 0. The van der Waals surface area contributed by atoms with E-state index in [1.807, 2.05) is 30.3 Å². The predicted octanol–water partition coefficient (Wildman–Crippen LogP) is 2.00. The monoisotopic (exact) mass is 457 g/mol. The van der Waals surface area contributed by atoms with Gasteiger partial charge in [0.2, 0.25) is 5.62 Å². The van der Waals surface area contributed by atoms with Gasteiger partial charge in [0, 0.05) is 17.0 Å². The maximum atomic E-state index is 13.3. The van der Waals surface area contributed by atoms with Crippen LogP contribution in [-0.4, -0.2) is 34.4 Å². The van der Waals surface area contributed by atoms with Crippen molar-refractivity contribution >= 4 is 11.2 Å². The molecule has 4 heterocycles. The van der Waals surface area contributed by atoms with Gasteiger partial charge in [-0.25, -0.2) is 28.3 Å². The van der Waals surface area contributed by atoms with E-state index in [1.165, 1.54) is 16.8 Å². The van der Waals surface area contributed by atoms with Crippen molar-refractivity contribution in [1.82, 2.24) is 29.2 Å². The Morgan fingerprint density at radius 2 is 1.76 bits per heavy atom. The highest BCUT2D eigenvalue weighted by atomic mass is 19.1. The molecule has 0 amide bonds.